The van der Waals surface area contributed by atoms with E-state index in [4.69, 9.17) is 21.1 Å². The zero-order valence-electron chi connectivity index (χ0n) is 34.2. The molecule has 60 heavy (non-hydrogen) atoms. The number of likely N-dealkylation sites (tertiary alicyclic amines) is 1. The van der Waals surface area contributed by atoms with Gasteiger partial charge in [-0.25, -0.2) is 4.68 Å². The average molecular weight is 833 g/mol. The van der Waals surface area contributed by atoms with Gasteiger partial charge in [0.2, 0.25) is 11.8 Å². The molecule has 3 fully saturated rings. The van der Waals surface area contributed by atoms with Crippen molar-refractivity contribution < 1.29 is 28.7 Å². The van der Waals surface area contributed by atoms with Crippen molar-refractivity contribution in [3.8, 4) is 23.3 Å². The first kappa shape index (κ1) is 41.0. The maximum Gasteiger partial charge on any atom is 0.255 e. The smallest absolute Gasteiger partial charge is 0.255 e. The highest BCUT2D eigenvalue weighted by Gasteiger charge is 2.64. The molecule has 4 aromatic rings. The van der Waals surface area contributed by atoms with Crippen LogP contribution in [0.5, 0.6) is 11.5 Å². The molecule has 1 atom stereocenters. The zero-order chi connectivity index (χ0) is 42.3. The van der Waals surface area contributed by atoms with E-state index in [-0.39, 0.29) is 53.2 Å². The van der Waals surface area contributed by atoms with E-state index in [0.29, 0.717) is 40.4 Å². The van der Waals surface area contributed by atoms with Crippen LogP contribution in [0, 0.1) is 22.2 Å². The number of nitrogens with zero attached hydrogens (tertiary/aromatic N) is 6. The van der Waals surface area contributed by atoms with Crippen molar-refractivity contribution in [3.05, 3.63) is 99.8 Å². The first-order chi connectivity index (χ1) is 28.7. The van der Waals surface area contributed by atoms with Crippen molar-refractivity contribution in [2.45, 2.75) is 97.1 Å². The van der Waals surface area contributed by atoms with Gasteiger partial charge in [-0.15, -0.1) is 5.10 Å². The van der Waals surface area contributed by atoms with Crippen molar-refractivity contribution in [1.82, 2.24) is 35.4 Å². The SMILES string of the molecule is CC1(C)C(NC(=O)c2ccc(-n3cc(CCCN4CCC(Oc5ccc6c(c5)CN(C5CCC(=O)NC5=O)C6=O)CC4)nn3)cc2)C(C)(C)C1Oc1ccc(C#N)c(Cl)c1. The van der Waals surface area contributed by atoms with E-state index in [1.165, 1.54) is 0 Å². The van der Waals surface area contributed by atoms with Crippen LogP contribution < -0.4 is 20.1 Å². The number of carbonyl (C=O) groups excluding carboxylic acids is 4. The molecule has 3 aliphatic heterocycles. The molecule has 1 aliphatic carbocycles. The predicted octanol–water partition coefficient (Wildman–Crippen LogP) is 5.64. The van der Waals surface area contributed by atoms with Gasteiger partial charge in [0.15, 0.2) is 0 Å². The Morgan fingerprint density at radius 1 is 0.967 bits per heavy atom. The molecule has 1 aromatic heterocycles. The van der Waals surface area contributed by atoms with Crippen molar-refractivity contribution in [1.29, 1.82) is 5.26 Å². The molecule has 1 unspecified atom stereocenters. The second-order valence-electron chi connectivity index (χ2n) is 17.5. The molecular formula is C45H49ClN8O6. The molecule has 4 amide bonds. The minimum absolute atomic E-state index is 0.0745. The fourth-order valence-electron chi connectivity index (χ4n) is 9.67. The molecule has 2 saturated heterocycles. The minimum atomic E-state index is -0.636. The van der Waals surface area contributed by atoms with E-state index >= 15 is 0 Å². The minimum Gasteiger partial charge on any atom is -0.490 e. The lowest BCUT2D eigenvalue weighted by atomic mass is 9.49. The number of nitriles is 1. The number of rotatable bonds is 12. The number of piperidine rings is 2. The van der Waals surface area contributed by atoms with E-state index in [1.54, 1.807) is 46.0 Å². The van der Waals surface area contributed by atoms with E-state index in [0.717, 1.165) is 68.0 Å². The molecule has 0 radical (unpaired) electrons. The van der Waals surface area contributed by atoms with Crippen LogP contribution >= 0.6 is 11.6 Å². The van der Waals surface area contributed by atoms with Crippen LogP contribution in [0.25, 0.3) is 5.69 Å². The van der Waals surface area contributed by atoms with Gasteiger partial charge >= 0.3 is 0 Å². The maximum atomic E-state index is 13.4. The van der Waals surface area contributed by atoms with Crippen LogP contribution in [0.4, 0.5) is 0 Å². The molecule has 4 heterocycles. The third-order valence-corrected chi connectivity index (χ3v) is 12.9. The number of aromatic nitrogens is 3. The standard InChI is InChI=1S/C45H49ClN8O6/c1-44(2)42(45(3,4)43(44)60-34-12-9-28(24-47)36(46)23-34)49-39(56)27-7-10-31(11-8-27)54-26-30(50-51-54)6-5-19-52-20-17-32(18-21-52)59-33-13-14-35-29(22-33)25-53(41(35)58)37-15-16-38(55)48-40(37)57/h7-14,22-23,26,32,37,42-43H,5-6,15-21,25H2,1-4H3,(H,49,56)(H,48,55,57). The maximum absolute atomic E-state index is 13.4. The zero-order valence-corrected chi connectivity index (χ0v) is 35.0. The summed E-state index contributed by atoms with van der Waals surface area (Å²) in [5.74, 6) is 0.244. The largest absolute Gasteiger partial charge is 0.490 e. The van der Waals surface area contributed by atoms with Crippen molar-refractivity contribution in [2.24, 2.45) is 10.8 Å². The highest BCUT2D eigenvalue weighted by atomic mass is 35.5. The highest BCUT2D eigenvalue weighted by Crippen LogP contribution is 2.55. The normalized spacial score (nSPS) is 22.4. The molecule has 3 aromatic carbocycles. The number of carbonyl (C=O) groups is 4. The van der Waals surface area contributed by atoms with Crippen LogP contribution in [0.1, 0.15) is 97.3 Å². The quantitative estimate of drug-likeness (QED) is 0.170. The number of halogens is 1. The second kappa shape index (κ2) is 16.3. The molecule has 2 N–H and O–H groups in total. The topological polar surface area (TPSA) is 172 Å². The monoisotopic (exact) mass is 832 g/mol. The lowest BCUT2D eigenvalue weighted by Gasteiger charge is -2.63. The number of hydrogen-bond donors (Lipinski definition) is 2. The molecule has 14 nitrogen and oxygen atoms in total. The van der Waals surface area contributed by atoms with E-state index in [2.05, 4.69) is 59.6 Å². The third-order valence-electron chi connectivity index (χ3n) is 12.6. The Morgan fingerprint density at radius 2 is 1.68 bits per heavy atom. The van der Waals surface area contributed by atoms with Crippen molar-refractivity contribution in [2.75, 3.05) is 19.6 Å². The number of aryl methyl sites for hydroxylation is 1. The summed E-state index contributed by atoms with van der Waals surface area (Å²) >= 11 is 6.24. The number of imide groups is 1. The van der Waals surface area contributed by atoms with Crippen LogP contribution in [0.2, 0.25) is 5.02 Å². The molecule has 0 spiro atoms. The summed E-state index contributed by atoms with van der Waals surface area (Å²) in [4.78, 5) is 54.5. The fourth-order valence-corrected chi connectivity index (χ4v) is 9.88. The van der Waals surface area contributed by atoms with Crippen LogP contribution in [-0.2, 0) is 22.6 Å². The lowest BCUT2D eigenvalue weighted by molar-refractivity contribution is -0.164. The van der Waals surface area contributed by atoms with Crippen LogP contribution in [0.3, 0.4) is 0 Å². The fraction of sp³-hybridized carbons (Fsp3) is 0.444. The van der Waals surface area contributed by atoms with Gasteiger partial charge in [0.25, 0.3) is 11.8 Å². The Hall–Kier alpha value is -5.78. The van der Waals surface area contributed by atoms with Gasteiger partial charge in [-0.2, -0.15) is 5.26 Å². The summed E-state index contributed by atoms with van der Waals surface area (Å²) in [6.07, 6.45) is 5.89. The van der Waals surface area contributed by atoms with Crippen LogP contribution in [-0.4, -0.2) is 92.3 Å². The number of hydrogen-bond acceptors (Lipinski definition) is 10. The Morgan fingerprint density at radius 3 is 2.38 bits per heavy atom. The summed E-state index contributed by atoms with van der Waals surface area (Å²) in [5, 5.41) is 23.9. The van der Waals surface area contributed by atoms with E-state index in [9.17, 15) is 24.4 Å². The third kappa shape index (κ3) is 8.08. The summed E-state index contributed by atoms with van der Waals surface area (Å²) < 4.78 is 14.4. The Kier molecular flexibility index (Phi) is 11.2. The molecule has 15 heteroatoms. The number of fused-ring (bicyclic) bond motifs is 1. The van der Waals surface area contributed by atoms with Gasteiger partial charge < -0.3 is 24.6 Å². The molecule has 0 bridgehead atoms. The predicted molar refractivity (Wildman–Crippen MR) is 222 cm³/mol. The van der Waals surface area contributed by atoms with Crippen LogP contribution in [0.15, 0.2) is 66.9 Å². The number of benzene rings is 3. The molecule has 1 saturated carbocycles. The summed E-state index contributed by atoms with van der Waals surface area (Å²) in [6, 6.07) is 19.2. The molecule has 8 rings (SSSR count). The van der Waals surface area contributed by atoms with Gasteiger partial charge in [-0.05, 0) is 98.8 Å². The number of ether oxygens (including phenoxy) is 2. The second-order valence-corrected chi connectivity index (χ2v) is 17.9. The van der Waals surface area contributed by atoms with Crippen molar-refractivity contribution >= 4 is 35.2 Å². The van der Waals surface area contributed by atoms with Gasteiger partial charge in [0.1, 0.15) is 35.8 Å². The Balaban J connectivity index is 0.768. The van der Waals surface area contributed by atoms with Gasteiger partial charge in [-0.1, -0.05) is 44.5 Å². The summed E-state index contributed by atoms with van der Waals surface area (Å²) in [6.45, 7) is 11.4. The molecule has 4 aliphatic rings. The van der Waals surface area contributed by atoms with Crippen molar-refractivity contribution in [3.63, 3.8) is 0 Å². The van der Waals surface area contributed by atoms with E-state index < -0.39 is 11.9 Å². The van der Waals surface area contributed by atoms with Gasteiger partial charge in [-0.3, -0.25) is 24.5 Å². The highest BCUT2D eigenvalue weighted by molar-refractivity contribution is 6.31. The first-order valence-corrected chi connectivity index (χ1v) is 20.9. The lowest BCUT2D eigenvalue weighted by Crippen LogP contribution is -2.74. The summed E-state index contributed by atoms with van der Waals surface area (Å²) in [5.41, 5.74) is 3.32. The van der Waals surface area contributed by atoms with E-state index in [1.807, 2.05) is 30.5 Å². The molecular weight excluding hydrogens is 784 g/mol. The Labute approximate surface area is 354 Å². The molecule has 312 valence electrons. The van der Waals surface area contributed by atoms with Gasteiger partial charge in [0.05, 0.1) is 28.2 Å². The average Bonchev–Trinajstić information content (AvgIpc) is 3.83. The Bertz CT molecular complexity index is 2350. The summed E-state index contributed by atoms with van der Waals surface area (Å²) in [7, 11) is 0. The van der Waals surface area contributed by atoms with Gasteiger partial charge in [0, 0.05) is 60.1 Å². The number of amides is 4. The number of nitrogens with one attached hydrogen (secondary N) is 2. The first-order valence-electron chi connectivity index (χ1n) is 20.6.